The maximum atomic E-state index is 11.1. The topological polar surface area (TPSA) is 69.6 Å². The van der Waals surface area contributed by atoms with Crippen molar-refractivity contribution in [1.29, 1.82) is 0 Å². The fourth-order valence-electron chi connectivity index (χ4n) is 1.35. The molecule has 1 rings (SSSR count). The van der Waals surface area contributed by atoms with Crippen LogP contribution in [0, 0.1) is 0 Å². The number of carbonyl (C=O) groups is 2. The molecule has 1 heterocycles. The van der Waals surface area contributed by atoms with E-state index in [1.807, 2.05) is 5.48 Å². The third-order valence-corrected chi connectivity index (χ3v) is 2.08. The van der Waals surface area contributed by atoms with Crippen molar-refractivity contribution in [2.45, 2.75) is 25.7 Å². The average Bonchev–Trinajstić information content (AvgIpc) is 2.42. The highest BCUT2D eigenvalue weighted by molar-refractivity contribution is 6.01. The summed E-state index contributed by atoms with van der Waals surface area (Å²) in [5, 5.41) is 8.26. The highest BCUT2D eigenvalue weighted by Gasteiger charge is 2.27. The average molecular weight is 186 g/mol. The number of nitrogens with one attached hydrogen (secondary N) is 1. The molecule has 0 aromatic carbocycles. The van der Waals surface area contributed by atoms with Crippen LogP contribution in [0.4, 0.5) is 0 Å². The van der Waals surface area contributed by atoms with Crippen LogP contribution >= 0.6 is 0 Å². The van der Waals surface area contributed by atoms with Crippen LogP contribution in [0.2, 0.25) is 0 Å². The van der Waals surface area contributed by atoms with Crippen molar-refractivity contribution in [2.75, 3.05) is 13.1 Å². The van der Waals surface area contributed by atoms with Crippen molar-refractivity contribution < 1.29 is 14.8 Å². The van der Waals surface area contributed by atoms with Gasteiger partial charge in [0.05, 0.1) is 0 Å². The highest BCUT2D eigenvalue weighted by atomic mass is 16.5. The lowest BCUT2D eigenvalue weighted by Gasteiger charge is -2.12. The van der Waals surface area contributed by atoms with E-state index in [2.05, 4.69) is 0 Å². The van der Waals surface area contributed by atoms with E-state index in [4.69, 9.17) is 5.21 Å². The number of rotatable bonds is 5. The first-order valence-corrected chi connectivity index (χ1v) is 4.46. The fourth-order valence-corrected chi connectivity index (χ4v) is 1.35. The molecule has 74 valence electrons. The molecule has 1 saturated heterocycles. The summed E-state index contributed by atoms with van der Waals surface area (Å²) in [6, 6.07) is 0. The zero-order valence-electron chi connectivity index (χ0n) is 7.45. The Morgan fingerprint density at radius 2 is 1.85 bits per heavy atom. The SMILES string of the molecule is O=C1CCC(=O)N1CCCCNO. The van der Waals surface area contributed by atoms with Crippen molar-refractivity contribution in [2.24, 2.45) is 0 Å². The second-order valence-corrected chi connectivity index (χ2v) is 3.05. The molecule has 5 nitrogen and oxygen atoms in total. The van der Waals surface area contributed by atoms with Gasteiger partial charge < -0.3 is 5.21 Å². The van der Waals surface area contributed by atoms with E-state index in [1.54, 1.807) is 0 Å². The van der Waals surface area contributed by atoms with Gasteiger partial charge in [-0.3, -0.25) is 14.5 Å². The largest absolute Gasteiger partial charge is 0.317 e. The van der Waals surface area contributed by atoms with Gasteiger partial charge in [0.15, 0.2) is 0 Å². The summed E-state index contributed by atoms with van der Waals surface area (Å²) in [6.07, 6.45) is 2.22. The summed E-state index contributed by atoms with van der Waals surface area (Å²) >= 11 is 0. The van der Waals surface area contributed by atoms with Crippen molar-refractivity contribution in [3.63, 3.8) is 0 Å². The van der Waals surface area contributed by atoms with E-state index in [0.29, 0.717) is 25.9 Å². The van der Waals surface area contributed by atoms with Crippen molar-refractivity contribution in [1.82, 2.24) is 10.4 Å². The first-order valence-electron chi connectivity index (χ1n) is 4.46. The Bertz CT molecular complexity index is 190. The number of imide groups is 1. The quantitative estimate of drug-likeness (QED) is 0.357. The lowest BCUT2D eigenvalue weighted by molar-refractivity contribution is -0.138. The minimum Gasteiger partial charge on any atom is -0.317 e. The van der Waals surface area contributed by atoms with Crippen molar-refractivity contribution in [3.05, 3.63) is 0 Å². The molecule has 0 aromatic rings. The number of carbonyl (C=O) groups excluding carboxylic acids is 2. The van der Waals surface area contributed by atoms with Crippen LogP contribution in [-0.2, 0) is 9.59 Å². The number of hydroxylamine groups is 1. The molecule has 2 N–H and O–H groups in total. The van der Waals surface area contributed by atoms with Crippen LogP contribution in [0.3, 0.4) is 0 Å². The summed E-state index contributed by atoms with van der Waals surface area (Å²) in [5.41, 5.74) is 2.03. The first kappa shape index (κ1) is 10.1. The lowest BCUT2D eigenvalue weighted by atomic mass is 10.3. The van der Waals surface area contributed by atoms with Crippen LogP contribution in [0.15, 0.2) is 0 Å². The Balaban J connectivity index is 2.20. The molecule has 0 radical (unpaired) electrons. The lowest BCUT2D eigenvalue weighted by Crippen LogP contribution is -2.30. The molecule has 0 aliphatic carbocycles. The fraction of sp³-hybridized carbons (Fsp3) is 0.750. The molecular weight excluding hydrogens is 172 g/mol. The molecule has 0 aromatic heterocycles. The van der Waals surface area contributed by atoms with Crippen LogP contribution in [0.25, 0.3) is 0 Å². The van der Waals surface area contributed by atoms with Gasteiger partial charge in [0, 0.05) is 25.9 Å². The Labute approximate surface area is 76.7 Å². The molecule has 0 atom stereocenters. The summed E-state index contributed by atoms with van der Waals surface area (Å²) in [6.45, 7) is 0.982. The van der Waals surface area contributed by atoms with Gasteiger partial charge in [-0.1, -0.05) is 0 Å². The molecule has 0 bridgehead atoms. The molecule has 1 aliphatic rings. The first-order chi connectivity index (χ1) is 6.25. The second kappa shape index (κ2) is 4.94. The van der Waals surface area contributed by atoms with Crippen LogP contribution in [0.1, 0.15) is 25.7 Å². The van der Waals surface area contributed by atoms with Gasteiger partial charge in [0.25, 0.3) is 0 Å². The minimum atomic E-state index is -0.0676. The Morgan fingerprint density at radius 1 is 1.23 bits per heavy atom. The van der Waals surface area contributed by atoms with E-state index in [9.17, 15) is 9.59 Å². The molecule has 13 heavy (non-hydrogen) atoms. The Morgan fingerprint density at radius 3 is 2.38 bits per heavy atom. The molecule has 0 unspecified atom stereocenters. The number of unbranched alkanes of at least 4 members (excludes halogenated alkanes) is 1. The van der Waals surface area contributed by atoms with Gasteiger partial charge in [-0.05, 0) is 12.8 Å². The molecule has 1 aliphatic heterocycles. The van der Waals surface area contributed by atoms with Gasteiger partial charge in [-0.2, -0.15) is 0 Å². The summed E-state index contributed by atoms with van der Waals surface area (Å²) in [4.78, 5) is 23.5. The van der Waals surface area contributed by atoms with E-state index >= 15 is 0 Å². The monoisotopic (exact) mass is 186 g/mol. The zero-order chi connectivity index (χ0) is 9.68. The molecule has 5 heteroatoms. The maximum Gasteiger partial charge on any atom is 0.229 e. The van der Waals surface area contributed by atoms with Crippen LogP contribution in [0.5, 0.6) is 0 Å². The molecule has 2 amide bonds. The number of nitrogens with zero attached hydrogens (tertiary/aromatic N) is 1. The summed E-state index contributed by atoms with van der Waals surface area (Å²) < 4.78 is 0. The minimum absolute atomic E-state index is 0.0676. The molecular formula is C8H14N2O3. The van der Waals surface area contributed by atoms with Gasteiger partial charge in [-0.15, -0.1) is 0 Å². The number of hydrogen-bond acceptors (Lipinski definition) is 4. The standard InChI is InChI=1S/C8H14N2O3/c11-7-3-4-8(12)10(7)6-2-1-5-9-13/h9,13H,1-6H2. The van der Waals surface area contributed by atoms with E-state index in [0.717, 1.165) is 12.8 Å². The second-order valence-electron chi connectivity index (χ2n) is 3.05. The number of likely N-dealkylation sites (tertiary alicyclic amines) is 1. The Kier molecular flexibility index (Phi) is 3.85. The third-order valence-electron chi connectivity index (χ3n) is 2.08. The van der Waals surface area contributed by atoms with E-state index in [-0.39, 0.29) is 11.8 Å². The zero-order valence-corrected chi connectivity index (χ0v) is 7.45. The van der Waals surface area contributed by atoms with E-state index in [1.165, 1.54) is 4.90 Å². The summed E-state index contributed by atoms with van der Waals surface area (Å²) in [5.74, 6) is -0.135. The van der Waals surface area contributed by atoms with Crippen molar-refractivity contribution in [3.8, 4) is 0 Å². The third kappa shape index (κ3) is 2.78. The maximum absolute atomic E-state index is 11.1. The van der Waals surface area contributed by atoms with Crippen LogP contribution in [-0.4, -0.2) is 35.0 Å². The number of hydrogen-bond donors (Lipinski definition) is 2. The highest BCUT2D eigenvalue weighted by Crippen LogP contribution is 2.11. The predicted molar refractivity (Wildman–Crippen MR) is 45.0 cm³/mol. The number of amides is 2. The van der Waals surface area contributed by atoms with E-state index < -0.39 is 0 Å². The van der Waals surface area contributed by atoms with Gasteiger partial charge in [-0.25, -0.2) is 5.48 Å². The molecule has 1 fully saturated rings. The van der Waals surface area contributed by atoms with Crippen LogP contribution < -0.4 is 5.48 Å². The summed E-state index contributed by atoms with van der Waals surface area (Å²) in [7, 11) is 0. The Hall–Kier alpha value is -0.940. The van der Waals surface area contributed by atoms with Gasteiger partial charge in [0.2, 0.25) is 11.8 Å². The predicted octanol–water partition coefficient (Wildman–Crippen LogP) is -0.106. The smallest absolute Gasteiger partial charge is 0.229 e. The normalized spacial score (nSPS) is 17.2. The van der Waals surface area contributed by atoms with Gasteiger partial charge >= 0.3 is 0 Å². The van der Waals surface area contributed by atoms with Crippen molar-refractivity contribution >= 4 is 11.8 Å². The molecule has 0 spiro atoms. The van der Waals surface area contributed by atoms with Gasteiger partial charge in [0.1, 0.15) is 0 Å². The molecule has 0 saturated carbocycles.